The Morgan fingerprint density at radius 1 is 1.15 bits per heavy atom. The van der Waals surface area contributed by atoms with Gasteiger partial charge in [0.2, 0.25) is 10.0 Å². The molecule has 0 saturated heterocycles. The molecule has 0 fully saturated rings. The minimum absolute atomic E-state index is 0.116. The summed E-state index contributed by atoms with van der Waals surface area (Å²) in [5.41, 5.74) is -0.483. The van der Waals surface area contributed by atoms with Gasteiger partial charge in [0, 0.05) is 6.04 Å². The van der Waals surface area contributed by atoms with Crippen molar-refractivity contribution in [2.24, 2.45) is 0 Å². The topological polar surface area (TPSA) is 72.5 Å². The maximum Gasteiger partial charge on any atom is 0.416 e. The fourth-order valence-electron chi connectivity index (χ4n) is 2.34. The molecule has 0 aliphatic heterocycles. The predicted molar refractivity (Wildman–Crippen MR) is 92.6 cm³/mol. The molecule has 146 valence electrons. The molecule has 0 amide bonds. The highest BCUT2D eigenvalue weighted by atomic mass is 32.2. The lowest BCUT2D eigenvalue weighted by atomic mass is 10.1. The van der Waals surface area contributed by atoms with Crippen LogP contribution in [0, 0.1) is 0 Å². The van der Waals surface area contributed by atoms with E-state index < -0.39 is 33.8 Å². The van der Waals surface area contributed by atoms with Crippen LogP contribution < -0.4 is 4.72 Å². The van der Waals surface area contributed by atoms with Gasteiger partial charge in [-0.25, -0.2) is 17.9 Å². The molecular weight excluding hydrogens is 383 g/mol. The van der Waals surface area contributed by atoms with Gasteiger partial charge in [-0.3, -0.25) is 0 Å². The van der Waals surface area contributed by atoms with Gasteiger partial charge >= 0.3 is 12.1 Å². The van der Waals surface area contributed by atoms with Crippen LogP contribution in [0.1, 0.15) is 41.4 Å². The number of alkyl halides is 3. The van der Waals surface area contributed by atoms with Gasteiger partial charge in [0.15, 0.2) is 0 Å². The average Bonchev–Trinajstić information content (AvgIpc) is 2.61. The van der Waals surface area contributed by atoms with Crippen LogP contribution in [-0.2, 0) is 20.9 Å². The third kappa shape index (κ3) is 5.30. The number of carbonyl (C=O) groups excluding carboxylic acids is 1. The smallest absolute Gasteiger partial charge is 0.416 e. The molecule has 2 aromatic rings. The number of hydrogen-bond donors (Lipinski definition) is 1. The largest absolute Gasteiger partial charge is 0.462 e. The molecular formula is C18H18F3NO4S. The quantitative estimate of drug-likeness (QED) is 0.745. The first-order chi connectivity index (χ1) is 12.5. The second kappa shape index (κ2) is 8.10. The zero-order valence-corrected chi connectivity index (χ0v) is 15.4. The zero-order valence-electron chi connectivity index (χ0n) is 14.6. The third-order valence-corrected chi connectivity index (χ3v) is 5.28. The molecule has 0 radical (unpaired) electrons. The average molecular weight is 401 g/mol. The van der Waals surface area contributed by atoms with Gasteiger partial charge < -0.3 is 4.74 Å². The van der Waals surface area contributed by atoms with Crippen LogP contribution in [0.25, 0.3) is 0 Å². The standard InChI is InChI=1S/C18H18F3NO4S/c1-3-26-17(23)13-7-9-16(10-8-13)27(24,25)22-12(2)14-5-4-6-15(11-14)18(19,20)21/h4-12,22H,3H2,1-2H3. The Kier molecular flexibility index (Phi) is 6.27. The van der Waals surface area contributed by atoms with Gasteiger partial charge in [-0.05, 0) is 55.8 Å². The van der Waals surface area contributed by atoms with Crippen molar-refractivity contribution in [2.45, 2.75) is 31.0 Å². The summed E-state index contributed by atoms with van der Waals surface area (Å²) in [6.07, 6.45) is -4.52. The Labute approximate surface area is 155 Å². The van der Waals surface area contributed by atoms with E-state index in [1.54, 1.807) is 6.92 Å². The molecule has 0 saturated carbocycles. The van der Waals surface area contributed by atoms with Gasteiger partial charge in [-0.15, -0.1) is 0 Å². The molecule has 5 nitrogen and oxygen atoms in total. The van der Waals surface area contributed by atoms with E-state index >= 15 is 0 Å². The second-order valence-corrected chi connectivity index (χ2v) is 7.43. The summed E-state index contributed by atoms with van der Waals surface area (Å²) in [4.78, 5) is 11.5. The van der Waals surface area contributed by atoms with Crippen molar-refractivity contribution in [3.05, 3.63) is 65.2 Å². The molecule has 0 aromatic heterocycles. The van der Waals surface area contributed by atoms with Crippen molar-refractivity contribution in [1.29, 1.82) is 0 Å². The van der Waals surface area contributed by atoms with Crippen molar-refractivity contribution in [3.63, 3.8) is 0 Å². The Hall–Kier alpha value is -2.39. The Morgan fingerprint density at radius 3 is 2.33 bits per heavy atom. The third-order valence-electron chi connectivity index (χ3n) is 3.72. The molecule has 1 unspecified atom stereocenters. The molecule has 0 spiro atoms. The van der Waals surface area contributed by atoms with Crippen LogP contribution in [0.4, 0.5) is 13.2 Å². The number of ether oxygens (including phenoxy) is 1. The summed E-state index contributed by atoms with van der Waals surface area (Å²) in [7, 11) is -3.99. The summed E-state index contributed by atoms with van der Waals surface area (Å²) < 4.78 is 70.5. The lowest BCUT2D eigenvalue weighted by Gasteiger charge is -2.16. The van der Waals surface area contributed by atoms with Crippen LogP contribution in [0.5, 0.6) is 0 Å². The van der Waals surface area contributed by atoms with Crippen LogP contribution in [-0.4, -0.2) is 21.0 Å². The lowest BCUT2D eigenvalue weighted by Crippen LogP contribution is -2.27. The van der Waals surface area contributed by atoms with Crippen molar-refractivity contribution in [2.75, 3.05) is 6.61 Å². The number of benzene rings is 2. The first kappa shape index (κ1) is 20.9. The van der Waals surface area contributed by atoms with Crippen molar-refractivity contribution >= 4 is 16.0 Å². The zero-order chi connectivity index (χ0) is 20.2. The molecule has 0 bridgehead atoms. The van der Waals surface area contributed by atoms with Crippen molar-refractivity contribution in [1.82, 2.24) is 4.72 Å². The summed E-state index contributed by atoms with van der Waals surface area (Å²) in [5, 5.41) is 0. The first-order valence-electron chi connectivity index (χ1n) is 8.01. The normalized spacial score (nSPS) is 13.2. The van der Waals surface area contributed by atoms with Crippen LogP contribution in [0.3, 0.4) is 0 Å². The number of sulfonamides is 1. The number of hydrogen-bond acceptors (Lipinski definition) is 4. The summed E-state index contributed by atoms with van der Waals surface area (Å²) in [5.74, 6) is -0.577. The second-order valence-electron chi connectivity index (χ2n) is 5.71. The van der Waals surface area contributed by atoms with Gasteiger partial charge in [-0.2, -0.15) is 13.2 Å². The first-order valence-corrected chi connectivity index (χ1v) is 9.49. The number of rotatable bonds is 6. The highest BCUT2D eigenvalue weighted by Crippen LogP contribution is 2.31. The molecule has 0 aliphatic carbocycles. The van der Waals surface area contributed by atoms with E-state index in [2.05, 4.69) is 4.72 Å². The summed E-state index contributed by atoms with van der Waals surface area (Å²) in [6, 6.07) is 8.63. The fourth-order valence-corrected chi connectivity index (χ4v) is 3.57. The van der Waals surface area contributed by atoms with Gasteiger partial charge in [0.25, 0.3) is 0 Å². The van der Waals surface area contributed by atoms with E-state index in [-0.39, 0.29) is 22.6 Å². The molecule has 0 heterocycles. The van der Waals surface area contributed by atoms with Crippen LogP contribution in [0.2, 0.25) is 0 Å². The summed E-state index contributed by atoms with van der Waals surface area (Å²) in [6.45, 7) is 3.28. The van der Waals surface area contributed by atoms with Gasteiger partial charge in [-0.1, -0.05) is 12.1 Å². The highest BCUT2D eigenvalue weighted by Gasteiger charge is 2.31. The predicted octanol–water partition coefficient (Wildman–Crippen LogP) is 3.92. The van der Waals surface area contributed by atoms with E-state index in [1.165, 1.54) is 43.3 Å². The minimum atomic E-state index is -4.52. The van der Waals surface area contributed by atoms with Crippen LogP contribution >= 0.6 is 0 Å². The highest BCUT2D eigenvalue weighted by molar-refractivity contribution is 7.89. The molecule has 27 heavy (non-hydrogen) atoms. The molecule has 1 N–H and O–H groups in total. The Bertz CT molecular complexity index is 909. The summed E-state index contributed by atoms with van der Waals surface area (Å²) >= 11 is 0. The van der Waals surface area contributed by atoms with E-state index in [0.717, 1.165) is 12.1 Å². The van der Waals surface area contributed by atoms with E-state index in [1.807, 2.05) is 0 Å². The number of esters is 1. The molecule has 1 atom stereocenters. The Morgan fingerprint density at radius 2 is 1.78 bits per heavy atom. The van der Waals surface area contributed by atoms with Crippen molar-refractivity contribution < 1.29 is 31.1 Å². The monoisotopic (exact) mass is 401 g/mol. The van der Waals surface area contributed by atoms with Crippen LogP contribution in [0.15, 0.2) is 53.4 Å². The Balaban J connectivity index is 2.19. The SMILES string of the molecule is CCOC(=O)c1ccc(S(=O)(=O)NC(C)c2cccc(C(F)(F)F)c2)cc1. The minimum Gasteiger partial charge on any atom is -0.462 e. The molecule has 0 aliphatic rings. The maximum absolute atomic E-state index is 12.8. The molecule has 9 heteroatoms. The van der Waals surface area contributed by atoms with E-state index in [9.17, 15) is 26.4 Å². The maximum atomic E-state index is 12.8. The van der Waals surface area contributed by atoms with Gasteiger partial charge in [0.1, 0.15) is 0 Å². The number of halogens is 3. The fraction of sp³-hybridized carbons (Fsp3) is 0.278. The van der Waals surface area contributed by atoms with E-state index in [4.69, 9.17) is 4.74 Å². The van der Waals surface area contributed by atoms with E-state index in [0.29, 0.717) is 0 Å². The molecule has 2 rings (SSSR count). The lowest BCUT2D eigenvalue weighted by molar-refractivity contribution is -0.137. The van der Waals surface area contributed by atoms with Gasteiger partial charge in [0.05, 0.1) is 22.6 Å². The molecule has 2 aromatic carbocycles. The number of carbonyl (C=O) groups is 1. The number of nitrogens with one attached hydrogen (secondary N) is 1. The van der Waals surface area contributed by atoms with Crippen molar-refractivity contribution in [3.8, 4) is 0 Å².